The van der Waals surface area contributed by atoms with Crippen LogP contribution in [0.5, 0.6) is 5.75 Å². The van der Waals surface area contributed by atoms with Crippen molar-refractivity contribution >= 4 is 52.1 Å². The van der Waals surface area contributed by atoms with E-state index < -0.39 is 11.7 Å². The Morgan fingerprint density at radius 2 is 2.00 bits per heavy atom. The number of hydrogen-bond donors (Lipinski definition) is 3. The Kier molecular flexibility index (Phi) is 5.48. The zero-order valence-electron chi connectivity index (χ0n) is 12.1. The molecule has 2 rings (SSSR count). The summed E-state index contributed by atoms with van der Waals surface area (Å²) in [6, 6.07) is 3.33. The highest BCUT2D eigenvalue weighted by Crippen LogP contribution is 2.34. The normalized spacial score (nSPS) is 11.5. The molecule has 1 amide bonds. The van der Waals surface area contributed by atoms with Gasteiger partial charge >= 0.3 is 0 Å². The van der Waals surface area contributed by atoms with Gasteiger partial charge in [0.25, 0.3) is 5.91 Å². The van der Waals surface area contributed by atoms with Crippen LogP contribution in [-0.2, 0) is 0 Å². The lowest BCUT2D eigenvalue weighted by atomic mass is 10.1. The van der Waals surface area contributed by atoms with E-state index in [0.29, 0.717) is 0 Å². The van der Waals surface area contributed by atoms with Gasteiger partial charge in [-0.15, -0.1) is 0 Å². The van der Waals surface area contributed by atoms with Crippen molar-refractivity contribution in [3.8, 4) is 5.75 Å². The molecule has 1 aromatic heterocycles. The molecule has 1 aromatic carbocycles. The fourth-order valence-corrected chi connectivity index (χ4v) is 2.32. The van der Waals surface area contributed by atoms with Crippen molar-refractivity contribution in [2.24, 2.45) is 5.10 Å². The second-order valence-electron chi connectivity index (χ2n) is 4.59. The lowest BCUT2D eigenvalue weighted by Crippen LogP contribution is -2.21. The summed E-state index contributed by atoms with van der Waals surface area (Å²) in [5.74, 6) is -1.56. The average Bonchev–Trinajstić information content (AvgIpc) is 2.55. The van der Waals surface area contributed by atoms with Crippen LogP contribution in [0.2, 0.25) is 15.2 Å². The summed E-state index contributed by atoms with van der Waals surface area (Å²) in [6.07, 6.45) is 0. The number of pyridine rings is 1. The number of hydrogen-bond acceptors (Lipinski definition) is 5. The number of carbonyl (C=O) groups excluding carboxylic acids is 1. The third kappa shape index (κ3) is 3.69. The standard InChI is InChI=1S/C14H10Cl3FN4O2/c1-5(7-4-6(18)2-3-8(7)23)21-22-14(24)12-9(15)11(19)10(16)13(17)20-12/h2-4,23H,1H3,(H2,19,20)(H,22,24)/b21-5-. The predicted molar refractivity (Wildman–Crippen MR) is 91.4 cm³/mol. The van der Waals surface area contributed by atoms with Crippen molar-refractivity contribution in [1.82, 2.24) is 10.4 Å². The molecule has 0 spiro atoms. The molecule has 0 bridgehead atoms. The number of rotatable bonds is 3. The molecular formula is C14H10Cl3FN4O2. The Bertz CT molecular complexity index is 858. The van der Waals surface area contributed by atoms with Crippen LogP contribution in [0.4, 0.5) is 10.1 Å². The maximum atomic E-state index is 13.2. The minimum Gasteiger partial charge on any atom is -0.507 e. The third-order valence-electron chi connectivity index (χ3n) is 2.96. The molecule has 0 fully saturated rings. The Morgan fingerprint density at radius 3 is 2.67 bits per heavy atom. The second kappa shape index (κ2) is 7.21. The van der Waals surface area contributed by atoms with E-state index in [1.807, 2.05) is 0 Å². The monoisotopic (exact) mass is 390 g/mol. The smallest absolute Gasteiger partial charge is 0.291 e. The number of aromatic hydroxyl groups is 1. The Labute approximate surface area is 151 Å². The van der Waals surface area contributed by atoms with E-state index in [-0.39, 0.29) is 43.6 Å². The number of anilines is 1. The van der Waals surface area contributed by atoms with E-state index >= 15 is 0 Å². The van der Waals surface area contributed by atoms with Gasteiger partial charge in [-0.1, -0.05) is 34.8 Å². The summed E-state index contributed by atoms with van der Waals surface area (Å²) in [5.41, 5.74) is 7.70. The number of phenols is 1. The van der Waals surface area contributed by atoms with Gasteiger partial charge in [0.15, 0.2) is 10.8 Å². The van der Waals surface area contributed by atoms with E-state index in [1.54, 1.807) is 0 Å². The predicted octanol–water partition coefficient (Wildman–Crippen LogP) is 3.62. The van der Waals surface area contributed by atoms with Crippen LogP contribution in [0.25, 0.3) is 0 Å². The van der Waals surface area contributed by atoms with Crippen LogP contribution >= 0.6 is 34.8 Å². The van der Waals surface area contributed by atoms with Crippen LogP contribution in [0.1, 0.15) is 23.0 Å². The van der Waals surface area contributed by atoms with Crippen LogP contribution in [0.3, 0.4) is 0 Å². The maximum Gasteiger partial charge on any atom is 0.291 e. The number of halogens is 4. The van der Waals surface area contributed by atoms with Gasteiger partial charge in [0.1, 0.15) is 16.6 Å². The fourth-order valence-electron chi connectivity index (χ4n) is 1.73. The number of nitrogen functional groups attached to an aromatic ring is 1. The molecular weight excluding hydrogens is 382 g/mol. The first-order valence-corrected chi connectivity index (χ1v) is 7.49. The Balaban J connectivity index is 2.29. The largest absolute Gasteiger partial charge is 0.507 e. The fraction of sp³-hybridized carbons (Fsp3) is 0.0714. The molecule has 6 nitrogen and oxygen atoms in total. The van der Waals surface area contributed by atoms with E-state index in [4.69, 9.17) is 40.5 Å². The zero-order chi connectivity index (χ0) is 18.0. The van der Waals surface area contributed by atoms with E-state index in [1.165, 1.54) is 13.0 Å². The number of amides is 1. The van der Waals surface area contributed by atoms with Gasteiger partial charge in [0.05, 0.1) is 16.4 Å². The molecule has 4 N–H and O–H groups in total. The van der Waals surface area contributed by atoms with Crippen molar-refractivity contribution in [2.75, 3.05) is 5.73 Å². The van der Waals surface area contributed by atoms with Crippen molar-refractivity contribution in [2.45, 2.75) is 6.92 Å². The third-order valence-corrected chi connectivity index (χ3v) is 4.10. The average molecular weight is 392 g/mol. The van der Waals surface area contributed by atoms with Crippen molar-refractivity contribution < 1.29 is 14.3 Å². The van der Waals surface area contributed by atoms with E-state index in [9.17, 15) is 14.3 Å². The second-order valence-corrected chi connectivity index (χ2v) is 5.71. The topological polar surface area (TPSA) is 101 Å². The molecule has 0 aliphatic carbocycles. The van der Waals surface area contributed by atoms with Gasteiger partial charge in [-0.3, -0.25) is 4.79 Å². The van der Waals surface area contributed by atoms with E-state index in [0.717, 1.165) is 12.1 Å². The highest BCUT2D eigenvalue weighted by atomic mass is 35.5. The molecule has 126 valence electrons. The van der Waals surface area contributed by atoms with Crippen molar-refractivity contribution in [1.29, 1.82) is 0 Å². The number of nitrogens with two attached hydrogens (primary N) is 1. The minimum absolute atomic E-state index is 0.0671. The Hall–Kier alpha value is -2.09. The number of carbonyl (C=O) groups is 1. The van der Waals surface area contributed by atoms with E-state index in [2.05, 4.69) is 15.5 Å². The molecule has 10 heteroatoms. The number of phenolic OH excluding ortho intramolecular Hbond substituents is 1. The van der Waals surface area contributed by atoms with Gasteiger partial charge in [-0.05, 0) is 25.1 Å². The molecule has 0 aliphatic heterocycles. The number of nitrogens with one attached hydrogen (secondary N) is 1. The number of benzene rings is 1. The molecule has 0 radical (unpaired) electrons. The van der Waals surface area contributed by atoms with Gasteiger partial charge in [0, 0.05) is 5.56 Å². The van der Waals surface area contributed by atoms with Crippen molar-refractivity contribution in [3.63, 3.8) is 0 Å². The highest BCUT2D eigenvalue weighted by Gasteiger charge is 2.19. The molecule has 0 saturated heterocycles. The quantitative estimate of drug-likeness (QED) is 0.422. The summed E-state index contributed by atoms with van der Waals surface area (Å²) in [4.78, 5) is 15.9. The maximum absolute atomic E-state index is 13.2. The first-order chi connectivity index (χ1) is 11.2. The molecule has 2 aromatic rings. The van der Waals surface area contributed by atoms with Crippen LogP contribution in [0.15, 0.2) is 23.3 Å². The summed E-state index contributed by atoms with van der Waals surface area (Å²) in [5, 5.41) is 13.0. The first-order valence-electron chi connectivity index (χ1n) is 6.35. The summed E-state index contributed by atoms with van der Waals surface area (Å²) in [6.45, 7) is 1.47. The van der Waals surface area contributed by atoms with Crippen LogP contribution in [0, 0.1) is 5.82 Å². The molecule has 0 atom stereocenters. The number of aromatic nitrogens is 1. The SMILES string of the molecule is C/C(=N/NC(=O)c1nc(Cl)c(Cl)c(N)c1Cl)c1cc(F)ccc1O. The lowest BCUT2D eigenvalue weighted by molar-refractivity contribution is 0.0950. The first kappa shape index (κ1) is 18.3. The molecule has 1 heterocycles. The van der Waals surface area contributed by atoms with Gasteiger partial charge in [0.2, 0.25) is 0 Å². The van der Waals surface area contributed by atoms with Gasteiger partial charge in [-0.25, -0.2) is 14.8 Å². The number of hydrazone groups is 1. The summed E-state index contributed by atoms with van der Waals surface area (Å²) in [7, 11) is 0. The van der Waals surface area contributed by atoms with Gasteiger partial charge < -0.3 is 10.8 Å². The van der Waals surface area contributed by atoms with Crippen LogP contribution < -0.4 is 11.2 Å². The molecule has 0 saturated carbocycles. The molecule has 24 heavy (non-hydrogen) atoms. The number of nitrogens with zero attached hydrogens (tertiary/aromatic N) is 2. The van der Waals surface area contributed by atoms with Crippen molar-refractivity contribution in [3.05, 3.63) is 50.5 Å². The minimum atomic E-state index is -0.805. The molecule has 0 aliphatic rings. The summed E-state index contributed by atoms with van der Waals surface area (Å²) < 4.78 is 13.2. The molecule has 0 unspecified atom stereocenters. The van der Waals surface area contributed by atoms with Gasteiger partial charge in [-0.2, -0.15) is 5.10 Å². The highest BCUT2D eigenvalue weighted by molar-refractivity contribution is 6.46. The zero-order valence-corrected chi connectivity index (χ0v) is 14.3. The Morgan fingerprint density at radius 1 is 1.33 bits per heavy atom. The summed E-state index contributed by atoms with van der Waals surface area (Å²) >= 11 is 17.4. The lowest BCUT2D eigenvalue weighted by Gasteiger charge is -2.08. The van der Waals surface area contributed by atoms with Crippen LogP contribution in [-0.4, -0.2) is 21.7 Å².